The topological polar surface area (TPSA) is 89.9 Å². The van der Waals surface area contributed by atoms with Crippen molar-refractivity contribution in [1.29, 1.82) is 0 Å². The summed E-state index contributed by atoms with van der Waals surface area (Å²) in [5.74, 6) is -1.34. The van der Waals surface area contributed by atoms with E-state index in [1.807, 2.05) is 18.2 Å². The van der Waals surface area contributed by atoms with Gasteiger partial charge in [-0.3, -0.25) is 14.4 Å². The largest absolute Gasteiger partial charge is 0.481 e. The van der Waals surface area contributed by atoms with E-state index in [1.54, 1.807) is 12.1 Å². The normalized spacial score (nSPS) is 17.8. The van der Waals surface area contributed by atoms with E-state index in [0.717, 1.165) is 31.2 Å². The molecule has 0 aliphatic heterocycles. The van der Waals surface area contributed by atoms with Gasteiger partial charge in [-0.05, 0) is 62.6 Å². The zero-order valence-corrected chi connectivity index (χ0v) is 19.6. The maximum atomic E-state index is 12.3. The minimum atomic E-state index is -0.784. The molecule has 2 rings (SSSR count). The highest BCUT2D eigenvalue weighted by atomic mass is 16.5. The molecule has 1 N–H and O–H groups in total. The van der Waals surface area contributed by atoms with Crippen LogP contribution in [0.1, 0.15) is 82.6 Å². The van der Waals surface area contributed by atoms with Crippen molar-refractivity contribution in [3.05, 3.63) is 42.5 Å². The van der Waals surface area contributed by atoms with Crippen LogP contribution in [-0.4, -0.2) is 29.6 Å². The summed E-state index contributed by atoms with van der Waals surface area (Å²) in [6.07, 6.45) is 13.0. The van der Waals surface area contributed by atoms with Crippen molar-refractivity contribution in [1.82, 2.24) is 0 Å². The minimum absolute atomic E-state index is 0.148. The molecule has 1 aliphatic rings. The van der Waals surface area contributed by atoms with Crippen molar-refractivity contribution in [2.24, 2.45) is 11.8 Å². The highest BCUT2D eigenvalue weighted by molar-refractivity contribution is 5.76. The van der Waals surface area contributed by atoms with E-state index in [1.165, 1.54) is 19.3 Å². The smallest absolute Gasteiger partial charge is 0.314 e. The Morgan fingerprint density at radius 3 is 2.15 bits per heavy atom. The van der Waals surface area contributed by atoms with Crippen molar-refractivity contribution in [3.8, 4) is 5.75 Å². The number of hydrogen-bond acceptors (Lipinski definition) is 5. The molecule has 0 saturated heterocycles. The maximum Gasteiger partial charge on any atom is 0.314 e. The van der Waals surface area contributed by atoms with Crippen LogP contribution in [0.15, 0.2) is 36.9 Å². The molecule has 0 heterocycles. The summed E-state index contributed by atoms with van der Waals surface area (Å²) in [7, 11) is 0. The molecule has 1 aromatic rings. The number of allylic oxidation sites excluding steroid dienone is 1. The molecule has 6 nitrogen and oxygen atoms in total. The van der Waals surface area contributed by atoms with Gasteiger partial charge >= 0.3 is 17.9 Å². The Bertz CT molecular complexity index is 746. The van der Waals surface area contributed by atoms with Gasteiger partial charge in [0.05, 0.1) is 18.4 Å². The SMILES string of the molecule is C=CCCCCCCCCC(=O)OCCc1ccc(OC(=O)[C@H]2CC[C@H](C(=O)O)CC2)cc1. The lowest BCUT2D eigenvalue weighted by atomic mass is 9.82. The lowest BCUT2D eigenvalue weighted by Gasteiger charge is -2.24. The number of aliphatic carboxylic acids is 1. The third-order valence-electron chi connectivity index (χ3n) is 6.24. The van der Waals surface area contributed by atoms with E-state index in [-0.39, 0.29) is 23.8 Å². The zero-order valence-electron chi connectivity index (χ0n) is 19.6. The minimum Gasteiger partial charge on any atom is -0.481 e. The van der Waals surface area contributed by atoms with Gasteiger partial charge in [0.15, 0.2) is 0 Å². The number of carboxylic acids is 1. The van der Waals surface area contributed by atoms with Crippen LogP contribution in [-0.2, 0) is 25.5 Å². The Morgan fingerprint density at radius 2 is 1.52 bits per heavy atom. The molecule has 0 unspecified atom stereocenters. The quantitative estimate of drug-likeness (QED) is 0.153. The van der Waals surface area contributed by atoms with Crippen molar-refractivity contribution < 1.29 is 29.0 Å². The van der Waals surface area contributed by atoms with Gasteiger partial charge in [-0.2, -0.15) is 0 Å². The van der Waals surface area contributed by atoms with Crippen LogP contribution in [0.5, 0.6) is 5.75 Å². The lowest BCUT2D eigenvalue weighted by Crippen LogP contribution is -2.28. The molecule has 33 heavy (non-hydrogen) atoms. The second kappa shape index (κ2) is 15.3. The van der Waals surface area contributed by atoms with Crippen molar-refractivity contribution in [3.63, 3.8) is 0 Å². The number of carbonyl (C=O) groups excluding carboxylic acids is 2. The first-order valence-corrected chi connectivity index (χ1v) is 12.3. The van der Waals surface area contributed by atoms with Crippen LogP contribution in [0.3, 0.4) is 0 Å². The average Bonchev–Trinajstić information content (AvgIpc) is 2.82. The standard InChI is InChI=1S/C27H38O6/c1-2-3-4-5-6-7-8-9-10-25(28)32-20-19-21-11-17-24(18-12-21)33-27(31)23-15-13-22(14-16-23)26(29)30/h2,11-12,17-18,22-23H,1,3-10,13-16,19-20H2,(H,29,30)/t22-,23-. The van der Waals surface area contributed by atoms with Crippen molar-refractivity contribution in [2.45, 2.75) is 83.5 Å². The number of ether oxygens (including phenoxy) is 2. The van der Waals surface area contributed by atoms with Crippen LogP contribution in [0, 0.1) is 11.8 Å². The van der Waals surface area contributed by atoms with Crippen molar-refractivity contribution >= 4 is 17.9 Å². The fourth-order valence-corrected chi connectivity index (χ4v) is 4.12. The Labute approximate surface area is 197 Å². The first-order chi connectivity index (χ1) is 16.0. The van der Waals surface area contributed by atoms with Gasteiger partial charge in [0, 0.05) is 12.8 Å². The highest BCUT2D eigenvalue weighted by Gasteiger charge is 2.30. The van der Waals surface area contributed by atoms with Gasteiger partial charge in [0.1, 0.15) is 5.75 Å². The monoisotopic (exact) mass is 458 g/mol. The number of benzene rings is 1. The molecule has 1 saturated carbocycles. The molecule has 182 valence electrons. The second-order valence-corrected chi connectivity index (χ2v) is 8.87. The van der Waals surface area contributed by atoms with Crippen LogP contribution >= 0.6 is 0 Å². The number of hydrogen-bond donors (Lipinski definition) is 1. The molecular weight excluding hydrogens is 420 g/mol. The Balaban J connectivity index is 1.57. The number of rotatable bonds is 15. The highest BCUT2D eigenvalue weighted by Crippen LogP contribution is 2.30. The zero-order chi connectivity index (χ0) is 23.9. The van der Waals surface area contributed by atoms with Gasteiger partial charge in [0.2, 0.25) is 0 Å². The Kier molecular flexibility index (Phi) is 12.3. The predicted molar refractivity (Wildman–Crippen MR) is 127 cm³/mol. The number of esters is 2. The molecule has 0 bridgehead atoms. The average molecular weight is 459 g/mol. The summed E-state index contributed by atoms with van der Waals surface area (Å²) in [5, 5.41) is 9.06. The number of carboxylic acid groups (broad SMARTS) is 1. The van der Waals surface area contributed by atoms with E-state index in [9.17, 15) is 14.4 Å². The van der Waals surface area contributed by atoms with Crippen LogP contribution in [0.4, 0.5) is 0 Å². The van der Waals surface area contributed by atoms with E-state index in [0.29, 0.717) is 50.9 Å². The first-order valence-electron chi connectivity index (χ1n) is 12.3. The molecule has 1 aromatic carbocycles. The molecule has 6 heteroatoms. The number of unbranched alkanes of at least 4 members (excludes halogenated alkanes) is 6. The summed E-state index contributed by atoms with van der Waals surface area (Å²) in [5.41, 5.74) is 1.00. The van der Waals surface area contributed by atoms with E-state index in [2.05, 4.69) is 6.58 Å². The fraction of sp³-hybridized carbons (Fsp3) is 0.593. The van der Waals surface area contributed by atoms with E-state index >= 15 is 0 Å². The van der Waals surface area contributed by atoms with Gasteiger partial charge in [-0.25, -0.2) is 0 Å². The third kappa shape index (κ3) is 10.7. The van der Waals surface area contributed by atoms with Crippen LogP contribution in [0.2, 0.25) is 0 Å². The van der Waals surface area contributed by atoms with Crippen LogP contribution < -0.4 is 4.74 Å². The fourth-order valence-electron chi connectivity index (χ4n) is 4.12. The molecule has 0 spiro atoms. The molecule has 0 amide bonds. The molecule has 0 aromatic heterocycles. The lowest BCUT2D eigenvalue weighted by molar-refractivity contribution is -0.146. The Hall–Kier alpha value is -2.63. The van der Waals surface area contributed by atoms with Gasteiger partial charge in [-0.15, -0.1) is 6.58 Å². The molecule has 0 radical (unpaired) electrons. The summed E-state index contributed by atoms with van der Waals surface area (Å²) in [4.78, 5) is 35.2. The summed E-state index contributed by atoms with van der Waals surface area (Å²) in [6, 6.07) is 7.22. The third-order valence-corrected chi connectivity index (χ3v) is 6.24. The number of carbonyl (C=O) groups is 3. The summed E-state index contributed by atoms with van der Waals surface area (Å²) >= 11 is 0. The first kappa shape index (κ1) is 26.6. The maximum absolute atomic E-state index is 12.3. The second-order valence-electron chi connectivity index (χ2n) is 8.87. The Morgan fingerprint density at radius 1 is 0.909 bits per heavy atom. The molecule has 0 atom stereocenters. The van der Waals surface area contributed by atoms with E-state index in [4.69, 9.17) is 14.6 Å². The molecule has 1 aliphatic carbocycles. The summed E-state index contributed by atoms with van der Waals surface area (Å²) in [6.45, 7) is 4.06. The molecule has 1 fully saturated rings. The van der Waals surface area contributed by atoms with Gasteiger partial charge in [-0.1, -0.05) is 43.9 Å². The van der Waals surface area contributed by atoms with E-state index < -0.39 is 5.97 Å². The predicted octanol–water partition coefficient (Wildman–Crippen LogP) is 5.88. The molecular formula is C27H38O6. The van der Waals surface area contributed by atoms with Crippen LogP contribution in [0.25, 0.3) is 0 Å². The summed E-state index contributed by atoms with van der Waals surface area (Å²) < 4.78 is 10.8. The van der Waals surface area contributed by atoms with Gasteiger partial charge in [0.25, 0.3) is 0 Å². The van der Waals surface area contributed by atoms with Gasteiger partial charge < -0.3 is 14.6 Å². The van der Waals surface area contributed by atoms with Crippen molar-refractivity contribution in [2.75, 3.05) is 6.61 Å².